The zero-order chi connectivity index (χ0) is 39.9. The van der Waals surface area contributed by atoms with E-state index in [0.29, 0.717) is 32.3 Å². The molecule has 2 unspecified atom stereocenters. The highest BCUT2D eigenvalue weighted by Gasteiger charge is 2.39. The highest BCUT2D eigenvalue weighted by molar-refractivity contribution is 7.33. The molecule has 0 aromatic heterocycles. The lowest BCUT2D eigenvalue weighted by molar-refractivity contribution is -0.386. The average Bonchev–Trinajstić information content (AvgIpc) is 3.13. The van der Waals surface area contributed by atoms with E-state index < -0.39 is 42.1 Å². The Morgan fingerprint density at radius 3 is 1.30 bits per heavy atom. The Labute approximate surface area is 331 Å². The smallest absolute Gasteiger partial charge is 0.482 e. The van der Waals surface area contributed by atoms with Crippen molar-refractivity contribution in [3.8, 4) is 11.5 Å². The first kappa shape index (κ1) is 43.1. The SMILES string of the molecule is CCc1cc(OCc2ccc(Cl)c(Cl)c2)c([N+](=O)[O-])c(CC)c1C(O)O[P+](=O)OC(O)c1c(CC)cc(OCc2ccc(Cl)c(Cl)c2)c([N+](=O)[O-])c1CC. The van der Waals surface area contributed by atoms with Gasteiger partial charge in [0.15, 0.2) is 11.5 Å². The van der Waals surface area contributed by atoms with Gasteiger partial charge in [-0.05, 0) is 84.3 Å². The summed E-state index contributed by atoms with van der Waals surface area (Å²) in [6.45, 7) is 6.57. The minimum Gasteiger partial charge on any atom is -0.482 e. The molecule has 0 bridgehead atoms. The third-order valence-electron chi connectivity index (χ3n) is 8.45. The van der Waals surface area contributed by atoms with Gasteiger partial charge in [-0.15, -0.1) is 0 Å². The molecule has 0 heterocycles. The van der Waals surface area contributed by atoms with E-state index >= 15 is 0 Å². The largest absolute Gasteiger partial charge is 0.703 e. The number of hydrogen-bond acceptors (Lipinski definition) is 11. The Morgan fingerprint density at radius 1 is 0.630 bits per heavy atom. The van der Waals surface area contributed by atoms with Crippen LogP contribution in [0.1, 0.15) is 84.8 Å². The van der Waals surface area contributed by atoms with Crippen LogP contribution in [0.25, 0.3) is 0 Å². The quantitative estimate of drug-likeness (QED) is 0.0421. The van der Waals surface area contributed by atoms with Crippen molar-refractivity contribution < 1.29 is 43.1 Å². The molecular formula is C36H36Cl4N2O11P+. The molecule has 0 aliphatic heterocycles. The Kier molecular flexibility index (Phi) is 15.4. The van der Waals surface area contributed by atoms with Crippen molar-refractivity contribution in [1.29, 1.82) is 0 Å². The van der Waals surface area contributed by atoms with Gasteiger partial charge in [0.25, 0.3) is 0 Å². The van der Waals surface area contributed by atoms with Crippen LogP contribution >= 0.6 is 54.7 Å². The number of rotatable bonds is 18. The Morgan fingerprint density at radius 2 is 1.00 bits per heavy atom. The minimum atomic E-state index is -3.33. The number of nitro groups is 2. The third kappa shape index (κ3) is 9.97. The summed E-state index contributed by atoms with van der Waals surface area (Å²) in [6, 6.07) is 12.4. The number of nitro benzene ring substituents is 2. The molecule has 13 nitrogen and oxygen atoms in total. The lowest BCUT2D eigenvalue weighted by atomic mass is 9.94. The molecule has 0 fully saturated rings. The van der Waals surface area contributed by atoms with E-state index in [-0.39, 0.29) is 82.7 Å². The highest BCUT2D eigenvalue weighted by atomic mass is 35.5. The molecule has 54 heavy (non-hydrogen) atoms. The summed E-state index contributed by atoms with van der Waals surface area (Å²) >= 11 is 24.2. The van der Waals surface area contributed by atoms with Crippen LogP contribution in [-0.4, -0.2) is 20.1 Å². The van der Waals surface area contributed by atoms with Crippen molar-refractivity contribution in [3.63, 3.8) is 0 Å². The topological polar surface area (TPSA) is 181 Å². The first-order valence-corrected chi connectivity index (χ1v) is 19.2. The van der Waals surface area contributed by atoms with Crippen LogP contribution < -0.4 is 9.47 Å². The van der Waals surface area contributed by atoms with Crippen LogP contribution in [0.3, 0.4) is 0 Å². The van der Waals surface area contributed by atoms with Crippen LogP contribution in [0.2, 0.25) is 20.1 Å². The fourth-order valence-corrected chi connectivity index (χ4v) is 7.19. The average molecular weight is 845 g/mol. The highest BCUT2D eigenvalue weighted by Crippen LogP contribution is 2.46. The molecule has 0 saturated heterocycles. The summed E-state index contributed by atoms with van der Waals surface area (Å²) < 4.78 is 35.6. The number of ether oxygens (including phenoxy) is 2. The van der Waals surface area contributed by atoms with E-state index in [0.717, 1.165) is 0 Å². The number of aliphatic hydroxyl groups is 2. The summed E-state index contributed by atoms with van der Waals surface area (Å²) in [5.74, 6) is -0.145. The van der Waals surface area contributed by atoms with Crippen molar-refractivity contribution in [2.45, 2.75) is 79.2 Å². The fraction of sp³-hybridized carbons (Fsp3) is 0.333. The standard InChI is InChI=1S/C36H36Cl4N2O11P/c1-5-21-15-29(50-17-19-9-11-25(37)27(39)13-19)33(41(45)46)23(7-3)31(21)35(43)52-54(49)53-36(44)32-22(6-2)16-30(34(42(47)48)24(32)8-4)51-18-20-10-12-26(38)28(40)14-20/h9-16,35-36,43-44H,5-8,17-18H2,1-4H3/q+1. The van der Waals surface area contributed by atoms with Gasteiger partial charge in [-0.3, -0.25) is 20.2 Å². The van der Waals surface area contributed by atoms with Gasteiger partial charge < -0.3 is 19.7 Å². The maximum Gasteiger partial charge on any atom is 0.703 e. The molecule has 0 saturated carbocycles. The molecule has 288 valence electrons. The molecule has 2 N–H and O–H groups in total. The van der Waals surface area contributed by atoms with E-state index in [1.807, 2.05) is 0 Å². The maximum absolute atomic E-state index is 13.2. The molecule has 0 amide bonds. The second kappa shape index (κ2) is 19.3. The van der Waals surface area contributed by atoms with Gasteiger partial charge >= 0.3 is 19.6 Å². The van der Waals surface area contributed by atoms with Crippen molar-refractivity contribution in [2.75, 3.05) is 0 Å². The van der Waals surface area contributed by atoms with Crippen LogP contribution in [0.5, 0.6) is 11.5 Å². The van der Waals surface area contributed by atoms with Gasteiger partial charge in [0.1, 0.15) is 13.2 Å². The summed E-state index contributed by atoms with van der Waals surface area (Å²) in [5.41, 5.74) is 1.22. The first-order chi connectivity index (χ1) is 25.6. The van der Waals surface area contributed by atoms with Gasteiger partial charge in [0, 0.05) is 26.8 Å². The lowest BCUT2D eigenvalue weighted by Crippen LogP contribution is -2.13. The molecule has 0 aliphatic carbocycles. The van der Waals surface area contributed by atoms with Gasteiger partial charge in [-0.1, -0.05) is 95.3 Å². The predicted molar refractivity (Wildman–Crippen MR) is 205 cm³/mol. The van der Waals surface area contributed by atoms with Crippen molar-refractivity contribution in [2.24, 2.45) is 0 Å². The van der Waals surface area contributed by atoms with Gasteiger partial charge in [-0.2, -0.15) is 0 Å². The third-order valence-corrected chi connectivity index (χ3v) is 10.7. The van der Waals surface area contributed by atoms with Gasteiger partial charge in [0.2, 0.25) is 12.6 Å². The minimum absolute atomic E-state index is 0.0161. The number of aryl methyl sites for hydroxylation is 2. The Hall–Kier alpha value is -3.62. The first-order valence-electron chi connectivity index (χ1n) is 16.6. The molecule has 18 heteroatoms. The monoisotopic (exact) mass is 843 g/mol. The summed E-state index contributed by atoms with van der Waals surface area (Å²) in [4.78, 5) is 23.4. The van der Waals surface area contributed by atoms with Crippen molar-refractivity contribution in [1.82, 2.24) is 0 Å². The van der Waals surface area contributed by atoms with Gasteiger partial charge in [-0.25, -0.2) is 0 Å². The number of nitrogens with zero attached hydrogens (tertiary/aromatic N) is 2. The summed E-state index contributed by atoms with van der Waals surface area (Å²) in [7, 11) is -3.33. The lowest BCUT2D eigenvalue weighted by Gasteiger charge is -2.19. The summed E-state index contributed by atoms with van der Waals surface area (Å²) in [5, 5.41) is 48.4. The number of halogens is 4. The van der Waals surface area contributed by atoms with Crippen LogP contribution in [0.15, 0.2) is 48.5 Å². The zero-order valence-electron chi connectivity index (χ0n) is 29.4. The molecular weight excluding hydrogens is 809 g/mol. The summed E-state index contributed by atoms with van der Waals surface area (Å²) in [6.07, 6.45) is -3.40. The second-order valence-corrected chi connectivity index (χ2v) is 14.2. The Bertz CT molecular complexity index is 1930. The van der Waals surface area contributed by atoms with E-state index in [1.54, 1.807) is 64.1 Å². The van der Waals surface area contributed by atoms with Crippen molar-refractivity contribution >= 4 is 66.0 Å². The zero-order valence-corrected chi connectivity index (χ0v) is 33.4. The molecule has 0 spiro atoms. The fourth-order valence-electron chi connectivity index (χ4n) is 5.96. The number of aliphatic hydroxyl groups excluding tert-OH is 2. The van der Waals surface area contributed by atoms with Crippen LogP contribution in [-0.2, 0) is 52.5 Å². The number of benzene rings is 4. The van der Waals surface area contributed by atoms with Crippen molar-refractivity contribution in [3.05, 3.63) is 133 Å². The predicted octanol–water partition coefficient (Wildman–Crippen LogP) is 10.9. The van der Waals surface area contributed by atoms with E-state index in [2.05, 4.69) is 0 Å². The van der Waals surface area contributed by atoms with Crippen LogP contribution in [0, 0.1) is 20.2 Å². The molecule has 4 aromatic carbocycles. The molecule has 0 radical (unpaired) electrons. The van der Waals surface area contributed by atoms with E-state index in [4.69, 9.17) is 64.9 Å². The van der Waals surface area contributed by atoms with E-state index in [1.165, 1.54) is 12.1 Å². The second-order valence-electron chi connectivity index (χ2n) is 11.7. The van der Waals surface area contributed by atoms with E-state index in [9.17, 15) is 35.0 Å². The molecule has 0 aliphatic rings. The maximum atomic E-state index is 13.2. The molecule has 2 atom stereocenters. The molecule has 4 aromatic rings. The van der Waals surface area contributed by atoms with Crippen LogP contribution in [0.4, 0.5) is 11.4 Å². The number of hydrogen-bond donors (Lipinski definition) is 2. The normalized spacial score (nSPS) is 12.7. The Balaban J connectivity index is 1.62. The van der Waals surface area contributed by atoms with Gasteiger partial charge in [0.05, 0.1) is 29.9 Å². The molecule has 4 rings (SSSR count).